The van der Waals surface area contributed by atoms with Gasteiger partial charge in [0.15, 0.2) is 5.78 Å². The van der Waals surface area contributed by atoms with Crippen molar-refractivity contribution in [2.24, 2.45) is 100 Å². The summed E-state index contributed by atoms with van der Waals surface area (Å²) >= 11 is 0. The summed E-state index contributed by atoms with van der Waals surface area (Å²) in [5.74, 6) is 4.46. The van der Waals surface area contributed by atoms with Crippen LogP contribution in [0.15, 0.2) is 35.5 Å². The van der Waals surface area contributed by atoms with Crippen LogP contribution in [-0.4, -0.2) is 28.6 Å². The van der Waals surface area contributed by atoms with Gasteiger partial charge in [-0.1, -0.05) is 126 Å². The summed E-state index contributed by atoms with van der Waals surface area (Å²) in [4.78, 5) is 38.2. The van der Waals surface area contributed by atoms with Crippen molar-refractivity contribution in [3.8, 4) is 0 Å². The van der Waals surface area contributed by atoms with E-state index in [-0.39, 0.29) is 49.4 Å². The highest BCUT2D eigenvalue weighted by atomic mass is 16.3. The number of ketones is 3. The minimum Gasteiger partial charge on any atom is -0.393 e. The normalized spacial score (nSPS) is 54.0. The second-order valence-corrected chi connectivity index (χ2v) is 29.8. The van der Waals surface area contributed by atoms with Crippen LogP contribution in [-0.2, 0) is 14.4 Å². The molecule has 10 aliphatic rings. The van der Waals surface area contributed by atoms with Crippen molar-refractivity contribution in [3.63, 3.8) is 0 Å². The van der Waals surface area contributed by atoms with Crippen LogP contribution in [0.25, 0.3) is 0 Å². The predicted molar refractivity (Wildman–Crippen MR) is 270 cm³/mol. The van der Waals surface area contributed by atoms with Gasteiger partial charge in [-0.3, -0.25) is 14.4 Å². The summed E-state index contributed by atoms with van der Waals surface area (Å²) in [7, 11) is 0. The Balaban J connectivity index is 0.000000166. The number of hydrogen-bond acceptors (Lipinski definition) is 4. The number of hydrogen-bond donors (Lipinski definition) is 1. The number of rotatable bonds is 2. The van der Waals surface area contributed by atoms with Gasteiger partial charge in [0.2, 0.25) is 0 Å². The Kier molecular flexibility index (Phi) is 11.1. The average Bonchev–Trinajstić information content (AvgIpc) is 3.23. The second kappa shape index (κ2) is 14.9. The predicted octanol–water partition coefficient (Wildman–Crippen LogP) is 15.5. The van der Waals surface area contributed by atoms with Gasteiger partial charge in [0, 0.05) is 16.2 Å². The van der Waals surface area contributed by atoms with Crippen LogP contribution < -0.4 is 0 Å². The van der Waals surface area contributed by atoms with Crippen molar-refractivity contribution in [2.75, 3.05) is 0 Å². The standard InChI is InChI=1S/C31H50O2.C31H46O2/c2*1-20(32)28(5)16-15-27(4)17-18-30(7)21(22(27)19-28)9-10-24-29(6)13-12-25(33)26(2,3)23(29)11-14-31(24,30)8/h9,22-25,33H,10-19H2,1-8H3;9,12-13,22-24H,10-11,14-19H2,1-8H3/t22-,23-,24+,25-,27+,28-,29-,30+,31+;22-,23-,24+,27+,28-,29-,30+,31+/m00/s1. The van der Waals surface area contributed by atoms with Crippen LogP contribution in [0.4, 0.5) is 0 Å². The first-order valence-electron chi connectivity index (χ1n) is 27.6. The van der Waals surface area contributed by atoms with Crippen LogP contribution in [0.5, 0.6) is 0 Å². The zero-order chi connectivity index (χ0) is 48.5. The first-order chi connectivity index (χ1) is 30.3. The summed E-state index contributed by atoms with van der Waals surface area (Å²) < 4.78 is 0. The lowest BCUT2D eigenvalue weighted by Crippen LogP contribution is -2.64. The molecule has 0 amide bonds. The van der Waals surface area contributed by atoms with Gasteiger partial charge in [-0.2, -0.15) is 0 Å². The first-order valence-corrected chi connectivity index (χ1v) is 27.6. The minimum atomic E-state index is -0.270. The highest BCUT2D eigenvalue weighted by Crippen LogP contribution is 2.77. The molecule has 66 heavy (non-hydrogen) atoms. The zero-order valence-corrected chi connectivity index (χ0v) is 45.3. The number of carbonyl (C=O) groups is 3. The Morgan fingerprint density at radius 1 is 0.530 bits per heavy atom. The second-order valence-electron chi connectivity index (χ2n) is 29.8. The molecule has 0 saturated heterocycles. The maximum atomic E-state index is 12.8. The summed E-state index contributed by atoms with van der Waals surface area (Å²) in [5, 5.41) is 10.9. The fourth-order valence-corrected chi connectivity index (χ4v) is 20.6. The van der Waals surface area contributed by atoms with Gasteiger partial charge in [0.25, 0.3) is 0 Å². The molecule has 0 aliphatic heterocycles. The number of carbonyl (C=O) groups excluding carboxylic acids is 3. The number of aliphatic hydroxyl groups is 1. The van der Waals surface area contributed by atoms with E-state index in [2.05, 4.69) is 115 Å². The SMILES string of the molecule is CC(=O)[C@@]1(C)CC[C@]2(C)CC[C@]3(C)C(=CC[C@@H]4[C@@]5(C)C=CC(=O)C(C)(C)[C@@H]5CC[C@]43C)[C@@H]2C1.CC(=O)[C@@]1(C)CC[C@]2(C)CC[C@]3(C)C(=CC[C@@H]4[C@@]5(C)CC[C@H](O)C(C)(C)[C@@H]5CC[C@]43C)[C@@H]2C1. The van der Waals surface area contributed by atoms with Crippen LogP contribution in [0.1, 0.15) is 226 Å². The average molecular weight is 905 g/mol. The Hall–Kier alpha value is -1.81. The van der Waals surface area contributed by atoms with Crippen molar-refractivity contribution in [3.05, 3.63) is 35.5 Å². The first kappa shape index (κ1) is 49.2. The molecule has 368 valence electrons. The molecular weight excluding hydrogens is 809 g/mol. The van der Waals surface area contributed by atoms with E-state index in [1.54, 1.807) is 11.1 Å². The number of Topliss-reactive ketones (excluding diaryl/α,β-unsaturated/α-hetero) is 2. The molecule has 10 rings (SSSR count). The van der Waals surface area contributed by atoms with Crippen molar-refractivity contribution in [2.45, 2.75) is 232 Å². The molecule has 0 aromatic rings. The highest BCUT2D eigenvalue weighted by molar-refractivity contribution is 5.95. The third-order valence-electron chi connectivity index (χ3n) is 26.6. The van der Waals surface area contributed by atoms with Crippen LogP contribution in [0, 0.1) is 100 Å². The van der Waals surface area contributed by atoms with E-state index in [0.29, 0.717) is 74.5 Å². The molecule has 10 aliphatic carbocycles. The zero-order valence-electron chi connectivity index (χ0n) is 45.3. The van der Waals surface area contributed by atoms with Crippen molar-refractivity contribution >= 4 is 17.3 Å². The molecule has 7 saturated carbocycles. The smallest absolute Gasteiger partial charge is 0.161 e. The monoisotopic (exact) mass is 905 g/mol. The summed E-state index contributed by atoms with van der Waals surface area (Å²) in [6.45, 7) is 37.7. The van der Waals surface area contributed by atoms with Crippen molar-refractivity contribution < 1.29 is 19.5 Å². The van der Waals surface area contributed by atoms with E-state index in [0.717, 1.165) is 44.9 Å². The third-order valence-corrected chi connectivity index (χ3v) is 26.6. The molecule has 0 radical (unpaired) electrons. The maximum absolute atomic E-state index is 12.8. The number of fused-ring (bicyclic) bond motifs is 14. The summed E-state index contributed by atoms with van der Waals surface area (Å²) in [5.41, 5.74) is 4.90. The molecule has 1 N–H and O–H groups in total. The van der Waals surface area contributed by atoms with E-state index in [9.17, 15) is 19.5 Å². The van der Waals surface area contributed by atoms with Gasteiger partial charge in [-0.15, -0.1) is 0 Å². The largest absolute Gasteiger partial charge is 0.393 e. The van der Waals surface area contributed by atoms with Gasteiger partial charge in [0.05, 0.1) is 6.10 Å². The minimum absolute atomic E-state index is 0.0109. The van der Waals surface area contributed by atoms with Crippen LogP contribution in [0.2, 0.25) is 0 Å². The molecule has 0 spiro atoms. The third kappa shape index (κ3) is 6.30. The molecule has 0 heterocycles. The maximum Gasteiger partial charge on any atom is 0.161 e. The molecule has 0 unspecified atom stereocenters. The summed E-state index contributed by atoms with van der Waals surface area (Å²) in [6, 6.07) is 0. The Bertz CT molecular complexity index is 2150. The fraction of sp³-hybridized carbons (Fsp3) is 0.855. The number of aliphatic hydroxyl groups excluding tert-OH is 1. The van der Waals surface area contributed by atoms with Crippen LogP contribution in [0.3, 0.4) is 0 Å². The van der Waals surface area contributed by atoms with Crippen molar-refractivity contribution in [1.82, 2.24) is 0 Å². The highest BCUT2D eigenvalue weighted by Gasteiger charge is 2.70. The Morgan fingerprint density at radius 2 is 0.970 bits per heavy atom. The van der Waals surface area contributed by atoms with Gasteiger partial charge in [-0.05, 0) is 220 Å². The van der Waals surface area contributed by atoms with Gasteiger partial charge >= 0.3 is 0 Å². The molecule has 17 atom stereocenters. The lowest BCUT2D eigenvalue weighted by molar-refractivity contribution is -0.203. The van der Waals surface area contributed by atoms with E-state index < -0.39 is 0 Å². The van der Waals surface area contributed by atoms with E-state index >= 15 is 0 Å². The lowest BCUT2D eigenvalue weighted by Gasteiger charge is -2.71. The van der Waals surface area contributed by atoms with E-state index in [4.69, 9.17) is 0 Å². The van der Waals surface area contributed by atoms with Crippen LogP contribution >= 0.6 is 0 Å². The lowest BCUT2D eigenvalue weighted by atomic mass is 9.33. The van der Waals surface area contributed by atoms with E-state index in [1.807, 2.05) is 19.9 Å². The molecule has 4 heteroatoms. The van der Waals surface area contributed by atoms with Gasteiger partial charge in [0.1, 0.15) is 11.6 Å². The fourth-order valence-electron chi connectivity index (χ4n) is 20.6. The van der Waals surface area contributed by atoms with Crippen molar-refractivity contribution in [1.29, 1.82) is 0 Å². The quantitative estimate of drug-likeness (QED) is 0.280. The molecule has 0 bridgehead atoms. The molecule has 4 nitrogen and oxygen atoms in total. The summed E-state index contributed by atoms with van der Waals surface area (Å²) in [6.07, 6.45) is 30.5. The molecule has 0 aromatic carbocycles. The van der Waals surface area contributed by atoms with Gasteiger partial charge < -0.3 is 5.11 Å². The number of allylic oxidation sites excluding steroid dienone is 6. The Morgan fingerprint density at radius 3 is 1.45 bits per heavy atom. The molecular formula is C62H96O4. The molecule has 7 fully saturated rings. The topological polar surface area (TPSA) is 71.4 Å². The Labute approximate surface area is 403 Å². The van der Waals surface area contributed by atoms with Gasteiger partial charge in [-0.25, -0.2) is 0 Å². The molecule has 0 aromatic heterocycles. The van der Waals surface area contributed by atoms with E-state index in [1.165, 1.54) is 70.6 Å².